The fraction of sp³-hybridized carbons (Fsp3) is 0.400. The van der Waals surface area contributed by atoms with E-state index >= 15 is 0 Å². The summed E-state index contributed by atoms with van der Waals surface area (Å²) in [6, 6.07) is 5.13. The van der Waals surface area contributed by atoms with E-state index in [1.54, 1.807) is 6.07 Å². The molecule has 76 valence electrons. The molecule has 0 radical (unpaired) electrons. The van der Waals surface area contributed by atoms with Gasteiger partial charge in [0.05, 0.1) is 23.1 Å². The standard InChI is InChI=1S/C10H11BrFNO/c11-8-2-1-7(3-9(8)12)10(4-13)5-14-6-10/h1-3H,4-6,13H2. The summed E-state index contributed by atoms with van der Waals surface area (Å²) in [5.74, 6) is -0.248. The second-order valence-corrected chi connectivity index (χ2v) is 4.46. The fourth-order valence-corrected chi connectivity index (χ4v) is 1.82. The molecule has 0 saturated carbocycles. The van der Waals surface area contributed by atoms with Gasteiger partial charge in [-0.05, 0) is 33.6 Å². The third-order valence-electron chi connectivity index (χ3n) is 2.68. The van der Waals surface area contributed by atoms with Crippen molar-refractivity contribution in [2.75, 3.05) is 19.8 Å². The monoisotopic (exact) mass is 259 g/mol. The smallest absolute Gasteiger partial charge is 0.137 e. The molecule has 1 aromatic rings. The first-order valence-corrected chi connectivity index (χ1v) is 5.21. The molecule has 14 heavy (non-hydrogen) atoms. The van der Waals surface area contributed by atoms with Gasteiger partial charge in [-0.3, -0.25) is 0 Å². The summed E-state index contributed by atoms with van der Waals surface area (Å²) in [6.45, 7) is 1.67. The van der Waals surface area contributed by atoms with Crippen LogP contribution in [0, 0.1) is 5.82 Å². The summed E-state index contributed by atoms with van der Waals surface area (Å²) in [6.07, 6.45) is 0. The van der Waals surface area contributed by atoms with Crippen molar-refractivity contribution < 1.29 is 9.13 Å². The highest BCUT2D eigenvalue weighted by molar-refractivity contribution is 9.10. The second kappa shape index (κ2) is 3.61. The van der Waals surface area contributed by atoms with Gasteiger partial charge in [-0.25, -0.2) is 4.39 Å². The molecular weight excluding hydrogens is 249 g/mol. The average molecular weight is 260 g/mol. The molecule has 0 aromatic heterocycles. The number of nitrogens with two attached hydrogens (primary N) is 1. The molecule has 2 nitrogen and oxygen atoms in total. The molecule has 0 atom stereocenters. The maximum atomic E-state index is 13.3. The van der Waals surface area contributed by atoms with Crippen LogP contribution in [0.4, 0.5) is 4.39 Å². The van der Waals surface area contributed by atoms with E-state index in [1.165, 1.54) is 6.07 Å². The van der Waals surface area contributed by atoms with Crippen molar-refractivity contribution in [3.05, 3.63) is 34.1 Å². The number of benzene rings is 1. The summed E-state index contributed by atoms with van der Waals surface area (Å²) < 4.78 is 18.9. The molecule has 0 unspecified atom stereocenters. The molecular formula is C10H11BrFNO. The molecule has 0 spiro atoms. The van der Waals surface area contributed by atoms with Gasteiger partial charge in [0, 0.05) is 6.54 Å². The fourth-order valence-electron chi connectivity index (χ4n) is 1.58. The van der Waals surface area contributed by atoms with E-state index in [0.29, 0.717) is 24.2 Å². The van der Waals surface area contributed by atoms with Crippen LogP contribution in [0.15, 0.2) is 22.7 Å². The Morgan fingerprint density at radius 1 is 1.50 bits per heavy atom. The normalized spacial score (nSPS) is 19.1. The number of hydrogen-bond donors (Lipinski definition) is 1. The lowest BCUT2D eigenvalue weighted by molar-refractivity contribution is -0.0551. The molecule has 1 saturated heterocycles. The summed E-state index contributed by atoms with van der Waals surface area (Å²) >= 11 is 3.12. The van der Waals surface area contributed by atoms with Gasteiger partial charge in [-0.2, -0.15) is 0 Å². The highest BCUT2D eigenvalue weighted by Crippen LogP contribution is 2.32. The van der Waals surface area contributed by atoms with E-state index in [1.807, 2.05) is 6.07 Å². The van der Waals surface area contributed by atoms with Crippen LogP contribution in [0.3, 0.4) is 0 Å². The lowest BCUT2D eigenvalue weighted by Crippen LogP contribution is -2.52. The molecule has 1 fully saturated rings. The predicted octanol–water partition coefficient (Wildman–Crippen LogP) is 1.81. The maximum Gasteiger partial charge on any atom is 0.137 e. The minimum atomic E-state index is -0.248. The van der Waals surface area contributed by atoms with Crippen LogP contribution in [0.5, 0.6) is 0 Å². The number of ether oxygens (including phenoxy) is 1. The number of halogens is 2. The Kier molecular flexibility index (Phi) is 2.60. The largest absolute Gasteiger partial charge is 0.379 e. The molecule has 4 heteroatoms. The highest BCUT2D eigenvalue weighted by atomic mass is 79.9. The molecule has 1 heterocycles. The minimum absolute atomic E-state index is 0.165. The van der Waals surface area contributed by atoms with Gasteiger partial charge in [0.1, 0.15) is 5.82 Å². The molecule has 1 aliphatic heterocycles. The molecule has 0 amide bonds. The van der Waals surface area contributed by atoms with Crippen molar-refractivity contribution in [2.45, 2.75) is 5.41 Å². The van der Waals surface area contributed by atoms with Crippen molar-refractivity contribution in [3.8, 4) is 0 Å². The Hall–Kier alpha value is -0.450. The van der Waals surface area contributed by atoms with Gasteiger partial charge in [0.2, 0.25) is 0 Å². The molecule has 1 aliphatic rings. The first-order chi connectivity index (χ1) is 6.68. The summed E-state index contributed by atoms with van der Waals surface area (Å²) in [5, 5.41) is 0. The van der Waals surface area contributed by atoms with Crippen molar-refractivity contribution in [1.82, 2.24) is 0 Å². The Balaban J connectivity index is 2.36. The summed E-state index contributed by atoms with van der Waals surface area (Å²) in [4.78, 5) is 0. The van der Waals surface area contributed by atoms with E-state index in [4.69, 9.17) is 10.5 Å². The Morgan fingerprint density at radius 3 is 2.64 bits per heavy atom. The van der Waals surface area contributed by atoms with Crippen molar-refractivity contribution in [2.24, 2.45) is 5.73 Å². The van der Waals surface area contributed by atoms with Crippen LogP contribution in [0.1, 0.15) is 5.56 Å². The molecule has 2 N–H and O–H groups in total. The van der Waals surface area contributed by atoms with Gasteiger partial charge in [-0.15, -0.1) is 0 Å². The number of hydrogen-bond acceptors (Lipinski definition) is 2. The van der Waals surface area contributed by atoms with E-state index in [-0.39, 0.29) is 11.2 Å². The summed E-state index contributed by atoms with van der Waals surface area (Å²) in [7, 11) is 0. The van der Waals surface area contributed by atoms with Crippen molar-refractivity contribution in [1.29, 1.82) is 0 Å². The minimum Gasteiger partial charge on any atom is -0.379 e. The molecule has 2 rings (SSSR count). The van der Waals surface area contributed by atoms with Crippen LogP contribution in [-0.4, -0.2) is 19.8 Å². The Labute approximate surface area is 90.4 Å². The van der Waals surface area contributed by atoms with Crippen LogP contribution < -0.4 is 5.73 Å². The SMILES string of the molecule is NCC1(c2ccc(Br)c(F)c2)COC1. The molecule has 0 bridgehead atoms. The quantitative estimate of drug-likeness (QED) is 0.880. The van der Waals surface area contributed by atoms with Crippen molar-refractivity contribution >= 4 is 15.9 Å². The first kappa shape index (κ1) is 10.1. The Bertz CT molecular complexity index is 346. The van der Waals surface area contributed by atoms with Crippen molar-refractivity contribution in [3.63, 3.8) is 0 Å². The van der Waals surface area contributed by atoms with Crippen LogP contribution in [0.2, 0.25) is 0 Å². The topological polar surface area (TPSA) is 35.2 Å². The van der Waals surface area contributed by atoms with Crippen LogP contribution >= 0.6 is 15.9 Å². The number of rotatable bonds is 2. The third kappa shape index (κ3) is 1.47. The predicted molar refractivity (Wildman–Crippen MR) is 55.7 cm³/mol. The van der Waals surface area contributed by atoms with Gasteiger partial charge >= 0.3 is 0 Å². The summed E-state index contributed by atoms with van der Waals surface area (Å²) in [5.41, 5.74) is 6.43. The molecule has 1 aromatic carbocycles. The highest BCUT2D eigenvalue weighted by Gasteiger charge is 2.39. The van der Waals surface area contributed by atoms with Gasteiger partial charge in [-0.1, -0.05) is 6.07 Å². The maximum absolute atomic E-state index is 13.3. The van der Waals surface area contributed by atoms with E-state index in [0.717, 1.165) is 5.56 Å². The van der Waals surface area contributed by atoms with E-state index in [2.05, 4.69) is 15.9 Å². The van der Waals surface area contributed by atoms with Crippen LogP contribution in [-0.2, 0) is 10.2 Å². The van der Waals surface area contributed by atoms with Gasteiger partial charge in [0.15, 0.2) is 0 Å². The van der Waals surface area contributed by atoms with Gasteiger partial charge in [0.25, 0.3) is 0 Å². The zero-order valence-corrected chi connectivity index (χ0v) is 9.18. The Morgan fingerprint density at radius 2 is 2.21 bits per heavy atom. The van der Waals surface area contributed by atoms with Crippen LogP contribution in [0.25, 0.3) is 0 Å². The zero-order chi connectivity index (χ0) is 10.2. The first-order valence-electron chi connectivity index (χ1n) is 4.41. The average Bonchev–Trinajstić information content (AvgIpc) is 2.10. The lowest BCUT2D eigenvalue weighted by atomic mass is 9.79. The van der Waals surface area contributed by atoms with E-state index < -0.39 is 0 Å². The molecule has 0 aliphatic carbocycles. The zero-order valence-electron chi connectivity index (χ0n) is 7.59. The lowest BCUT2D eigenvalue weighted by Gasteiger charge is -2.41. The third-order valence-corrected chi connectivity index (χ3v) is 3.32. The van der Waals surface area contributed by atoms with Gasteiger partial charge < -0.3 is 10.5 Å². The second-order valence-electron chi connectivity index (χ2n) is 3.61. The van der Waals surface area contributed by atoms with E-state index in [9.17, 15) is 4.39 Å².